The van der Waals surface area contributed by atoms with E-state index < -0.39 is 5.97 Å². The first-order valence-electron chi connectivity index (χ1n) is 6.86. The molecule has 0 aliphatic carbocycles. The maximum absolute atomic E-state index is 11.7. The summed E-state index contributed by atoms with van der Waals surface area (Å²) in [5.41, 5.74) is 2.35. The Morgan fingerprint density at radius 2 is 1.64 bits per heavy atom. The van der Waals surface area contributed by atoms with Crippen LogP contribution in [0.15, 0.2) is 54.6 Å². The molecular weight excluding hydrogens is 298 g/mol. The van der Waals surface area contributed by atoms with Crippen LogP contribution < -0.4 is 5.32 Å². The van der Waals surface area contributed by atoms with E-state index in [0.717, 1.165) is 11.1 Å². The Bertz CT molecular complexity index is 626. The number of benzene rings is 2. The van der Waals surface area contributed by atoms with Crippen LogP contribution in [0.25, 0.3) is 0 Å². The predicted molar refractivity (Wildman–Crippen MR) is 87.9 cm³/mol. The highest BCUT2D eigenvalue weighted by Crippen LogP contribution is 2.13. The molecule has 0 saturated carbocycles. The van der Waals surface area contributed by atoms with Crippen molar-refractivity contribution in [2.24, 2.45) is 0 Å². The molecule has 4 nitrogen and oxygen atoms in total. The van der Waals surface area contributed by atoms with Crippen LogP contribution in [0.3, 0.4) is 0 Å². The number of nitrogens with one attached hydrogen (secondary N) is 1. The molecule has 2 aromatic rings. The molecule has 2 aromatic carbocycles. The number of amides is 1. The van der Waals surface area contributed by atoms with Crippen molar-refractivity contribution in [3.8, 4) is 0 Å². The third-order valence-electron chi connectivity index (χ3n) is 3.04. The second-order valence-electron chi connectivity index (χ2n) is 4.76. The number of carboxylic acid groups (broad SMARTS) is 1. The van der Waals surface area contributed by atoms with Gasteiger partial charge < -0.3 is 10.4 Å². The topological polar surface area (TPSA) is 66.4 Å². The molecule has 1 amide bonds. The molecule has 0 aromatic heterocycles. The van der Waals surface area contributed by atoms with Crippen LogP contribution >= 0.6 is 11.8 Å². The van der Waals surface area contributed by atoms with Gasteiger partial charge in [0.2, 0.25) is 5.91 Å². The van der Waals surface area contributed by atoms with Crippen molar-refractivity contribution in [3.05, 3.63) is 71.3 Å². The van der Waals surface area contributed by atoms with Crippen molar-refractivity contribution < 1.29 is 14.7 Å². The summed E-state index contributed by atoms with van der Waals surface area (Å²) in [5.74, 6) is 0.127. The molecule has 0 atom stereocenters. The zero-order valence-corrected chi connectivity index (χ0v) is 12.8. The summed E-state index contributed by atoms with van der Waals surface area (Å²) in [7, 11) is 0. The van der Waals surface area contributed by atoms with Gasteiger partial charge in [-0.2, -0.15) is 0 Å². The first-order valence-corrected chi connectivity index (χ1v) is 8.01. The molecule has 2 N–H and O–H groups in total. The minimum absolute atomic E-state index is 0.00370. The summed E-state index contributed by atoms with van der Waals surface area (Å²) in [4.78, 5) is 22.5. The monoisotopic (exact) mass is 315 g/mol. The Labute approximate surface area is 133 Å². The molecule has 22 heavy (non-hydrogen) atoms. The second-order valence-corrected chi connectivity index (χ2v) is 5.74. The molecular formula is C17H17NO3S. The van der Waals surface area contributed by atoms with Crippen molar-refractivity contribution in [3.63, 3.8) is 0 Å². The number of thioether (sulfide) groups is 1. The maximum Gasteiger partial charge on any atom is 0.335 e. The zero-order valence-electron chi connectivity index (χ0n) is 12.0. The lowest BCUT2D eigenvalue weighted by Crippen LogP contribution is -2.24. The highest BCUT2D eigenvalue weighted by atomic mass is 32.2. The Morgan fingerprint density at radius 3 is 2.27 bits per heavy atom. The first kappa shape index (κ1) is 16.1. The number of aromatic carboxylic acids is 1. The van der Waals surface area contributed by atoms with Gasteiger partial charge >= 0.3 is 5.97 Å². The summed E-state index contributed by atoms with van der Waals surface area (Å²) in [6, 6.07) is 16.5. The minimum Gasteiger partial charge on any atom is -0.478 e. The summed E-state index contributed by atoms with van der Waals surface area (Å²) in [5, 5.41) is 11.7. The lowest BCUT2D eigenvalue weighted by Gasteiger charge is -2.05. The van der Waals surface area contributed by atoms with Gasteiger partial charge in [-0.15, -0.1) is 11.8 Å². The molecule has 0 aliphatic rings. The molecule has 0 fully saturated rings. The van der Waals surface area contributed by atoms with Crippen LogP contribution in [0.4, 0.5) is 0 Å². The van der Waals surface area contributed by atoms with Crippen molar-refractivity contribution in [1.29, 1.82) is 0 Å². The number of carbonyl (C=O) groups is 2. The standard InChI is InChI=1S/C17H17NO3S/c19-16(18-10-13-4-2-1-3-5-13)12-22-11-14-6-8-15(9-7-14)17(20)21/h1-9H,10-12H2,(H,18,19)(H,20,21). The van der Waals surface area contributed by atoms with Crippen molar-refractivity contribution in [2.75, 3.05) is 5.75 Å². The lowest BCUT2D eigenvalue weighted by atomic mass is 10.1. The Hall–Kier alpha value is -2.27. The molecule has 0 spiro atoms. The van der Waals surface area contributed by atoms with E-state index in [1.807, 2.05) is 30.3 Å². The molecule has 5 heteroatoms. The van der Waals surface area contributed by atoms with E-state index in [4.69, 9.17) is 5.11 Å². The van der Waals surface area contributed by atoms with Gasteiger partial charge in [0.1, 0.15) is 0 Å². The molecule has 0 unspecified atom stereocenters. The third-order valence-corrected chi connectivity index (χ3v) is 4.04. The van der Waals surface area contributed by atoms with Gasteiger partial charge in [0, 0.05) is 12.3 Å². The molecule has 0 saturated heterocycles. The number of hydrogen-bond donors (Lipinski definition) is 2. The summed E-state index contributed by atoms with van der Waals surface area (Å²) >= 11 is 1.50. The largest absolute Gasteiger partial charge is 0.478 e. The highest BCUT2D eigenvalue weighted by molar-refractivity contribution is 7.99. The molecule has 2 rings (SSSR count). The summed E-state index contributed by atoms with van der Waals surface area (Å²) in [6.07, 6.45) is 0. The lowest BCUT2D eigenvalue weighted by molar-refractivity contribution is -0.118. The Kier molecular flexibility index (Phi) is 6.03. The maximum atomic E-state index is 11.7. The van der Waals surface area contributed by atoms with Crippen LogP contribution in [0, 0.1) is 0 Å². The van der Waals surface area contributed by atoms with Crippen molar-refractivity contribution >= 4 is 23.6 Å². The van der Waals surface area contributed by atoms with Gasteiger partial charge in [0.05, 0.1) is 11.3 Å². The van der Waals surface area contributed by atoms with Gasteiger partial charge in [-0.05, 0) is 23.3 Å². The fourth-order valence-corrected chi connectivity index (χ4v) is 2.67. The first-order chi connectivity index (χ1) is 10.6. The second kappa shape index (κ2) is 8.24. The predicted octanol–water partition coefficient (Wildman–Crippen LogP) is 2.93. The Morgan fingerprint density at radius 1 is 0.955 bits per heavy atom. The minimum atomic E-state index is -0.931. The molecule has 0 bridgehead atoms. The van der Waals surface area contributed by atoms with E-state index in [-0.39, 0.29) is 11.5 Å². The smallest absolute Gasteiger partial charge is 0.335 e. The average molecular weight is 315 g/mol. The molecule has 0 aliphatic heterocycles. The summed E-state index contributed by atoms with van der Waals surface area (Å²) in [6.45, 7) is 0.535. The van der Waals surface area contributed by atoms with Gasteiger partial charge in [-0.1, -0.05) is 42.5 Å². The fourth-order valence-electron chi connectivity index (χ4n) is 1.85. The van der Waals surface area contributed by atoms with Crippen LogP contribution in [0.2, 0.25) is 0 Å². The van der Waals surface area contributed by atoms with E-state index in [9.17, 15) is 9.59 Å². The number of hydrogen-bond acceptors (Lipinski definition) is 3. The average Bonchev–Trinajstić information content (AvgIpc) is 2.54. The molecule has 114 valence electrons. The normalized spacial score (nSPS) is 10.2. The number of carbonyl (C=O) groups excluding carboxylic acids is 1. The van der Waals surface area contributed by atoms with E-state index in [0.29, 0.717) is 18.1 Å². The summed E-state index contributed by atoms with van der Waals surface area (Å²) < 4.78 is 0. The van der Waals surface area contributed by atoms with E-state index in [2.05, 4.69) is 5.32 Å². The van der Waals surface area contributed by atoms with E-state index >= 15 is 0 Å². The molecule has 0 heterocycles. The highest BCUT2D eigenvalue weighted by Gasteiger charge is 2.04. The van der Waals surface area contributed by atoms with Crippen LogP contribution in [0.5, 0.6) is 0 Å². The SMILES string of the molecule is O=C(CSCc1ccc(C(=O)O)cc1)NCc1ccccc1. The quantitative estimate of drug-likeness (QED) is 0.824. The van der Waals surface area contributed by atoms with E-state index in [1.165, 1.54) is 11.8 Å². The van der Waals surface area contributed by atoms with Crippen LogP contribution in [0.1, 0.15) is 21.5 Å². The van der Waals surface area contributed by atoms with Gasteiger partial charge in [-0.3, -0.25) is 4.79 Å². The van der Waals surface area contributed by atoms with Gasteiger partial charge in [-0.25, -0.2) is 4.79 Å². The Balaban J connectivity index is 1.69. The number of carboxylic acids is 1. The molecule has 0 radical (unpaired) electrons. The van der Waals surface area contributed by atoms with Gasteiger partial charge in [0.25, 0.3) is 0 Å². The van der Waals surface area contributed by atoms with E-state index in [1.54, 1.807) is 24.3 Å². The number of rotatable bonds is 7. The third kappa shape index (κ3) is 5.26. The zero-order chi connectivity index (χ0) is 15.8. The van der Waals surface area contributed by atoms with Crippen LogP contribution in [-0.4, -0.2) is 22.7 Å². The van der Waals surface area contributed by atoms with Crippen LogP contribution in [-0.2, 0) is 17.1 Å². The van der Waals surface area contributed by atoms with Gasteiger partial charge in [0.15, 0.2) is 0 Å². The fraction of sp³-hybridized carbons (Fsp3) is 0.176. The van der Waals surface area contributed by atoms with Crippen molar-refractivity contribution in [2.45, 2.75) is 12.3 Å². The van der Waals surface area contributed by atoms with Crippen molar-refractivity contribution in [1.82, 2.24) is 5.32 Å².